The number of anilines is 1. The molecule has 34 heavy (non-hydrogen) atoms. The molecule has 0 unspecified atom stereocenters. The third-order valence-corrected chi connectivity index (χ3v) is 6.08. The van der Waals surface area contributed by atoms with Crippen molar-refractivity contribution in [3.05, 3.63) is 110 Å². The highest BCUT2D eigenvalue weighted by Gasteiger charge is 2.17. The van der Waals surface area contributed by atoms with Crippen molar-refractivity contribution in [2.45, 2.75) is 19.9 Å². The van der Waals surface area contributed by atoms with Gasteiger partial charge in [-0.05, 0) is 60.4 Å². The van der Waals surface area contributed by atoms with E-state index >= 15 is 0 Å². The van der Waals surface area contributed by atoms with Crippen LogP contribution in [0.5, 0.6) is 0 Å². The van der Waals surface area contributed by atoms with E-state index in [1.54, 1.807) is 54.1 Å². The van der Waals surface area contributed by atoms with Crippen molar-refractivity contribution in [2.75, 3.05) is 5.32 Å². The van der Waals surface area contributed by atoms with Crippen LogP contribution in [0.2, 0.25) is 10.0 Å². The largest absolute Gasteiger partial charge is 0.478 e. The van der Waals surface area contributed by atoms with Gasteiger partial charge in [-0.25, -0.2) is 9.48 Å². The molecule has 0 saturated heterocycles. The monoisotopic (exact) mass is 494 g/mol. The van der Waals surface area contributed by atoms with Crippen LogP contribution in [-0.4, -0.2) is 32.0 Å². The summed E-state index contributed by atoms with van der Waals surface area (Å²) in [4.78, 5) is 24.3. The average molecular weight is 495 g/mol. The summed E-state index contributed by atoms with van der Waals surface area (Å²) in [6.45, 7) is 2.16. The average Bonchev–Trinajstić information content (AvgIpc) is 3.17. The van der Waals surface area contributed by atoms with Crippen LogP contribution in [0.3, 0.4) is 0 Å². The van der Waals surface area contributed by atoms with Gasteiger partial charge in [0.25, 0.3) is 5.91 Å². The van der Waals surface area contributed by atoms with Crippen molar-refractivity contribution in [3.8, 4) is 0 Å². The zero-order valence-electron chi connectivity index (χ0n) is 18.1. The molecule has 1 aromatic heterocycles. The molecule has 4 aromatic rings. The number of hydrogen-bond acceptors (Lipinski definition) is 4. The maximum Gasteiger partial charge on any atom is 0.335 e. The van der Waals surface area contributed by atoms with Crippen LogP contribution >= 0.6 is 23.2 Å². The van der Waals surface area contributed by atoms with E-state index < -0.39 is 5.97 Å². The minimum Gasteiger partial charge on any atom is -0.478 e. The van der Waals surface area contributed by atoms with Crippen LogP contribution < -0.4 is 5.32 Å². The second-order valence-electron chi connectivity index (χ2n) is 7.72. The fourth-order valence-electron chi connectivity index (χ4n) is 3.58. The van der Waals surface area contributed by atoms with Gasteiger partial charge in [0.15, 0.2) is 5.69 Å². The molecule has 7 nitrogen and oxygen atoms in total. The number of nitrogens with one attached hydrogen (secondary N) is 1. The molecular formula is C25H20Cl2N4O3. The molecule has 0 atom stereocenters. The number of carbonyl (C=O) groups excluding carboxylic acids is 1. The summed E-state index contributed by atoms with van der Waals surface area (Å²) < 4.78 is 1.62. The Hall–Kier alpha value is -3.68. The lowest BCUT2D eigenvalue weighted by Gasteiger charge is -2.09. The standard InChI is InChI=1S/C25H20Cl2N4O3/c1-15-23(29-30-31(15)14-17-9-10-21(26)22(27)13-17)24(32)28-19-7-4-5-16(12-19)11-18-6-2-3-8-20(18)25(33)34/h2-10,12-13H,11,14H2,1H3,(H,28,32)(H,33,34). The Labute approximate surface area is 205 Å². The lowest BCUT2D eigenvalue weighted by Crippen LogP contribution is -2.14. The summed E-state index contributed by atoms with van der Waals surface area (Å²) >= 11 is 12.1. The topological polar surface area (TPSA) is 97.1 Å². The smallest absolute Gasteiger partial charge is 0.335 e. The van der Waals surface area contributed by atoms with Gasteiger partial charge in [-0.15, -0.1) is 5.10 Å². The van der Waals surface area contributed by atoms with Gasteiger partial charge in [0.05, 0.1) is 27.8 Å². The molecule has 0 aliphatic rings. The minimum atomic E-state index is -0.973. The third-order valence-electron chi connectivity index (χ3n) is 5.34. The summed E-state index contributed by atoms with van der Waals surface area (Å²) in [7, 11) is 0. The Morgan fingerprint density at radius 1 is 0.971 bits per heavy atom. The molecule has 2 N–H and O–H groups in total. The summed E-state index contributed by atoms with van der Waals surface area (Å²) in [6.07, 6.45) is 0.422. The van der Waals surface area contributed by atoms with E-state index in [0.717, 1.165) is 11.1 Å². The van der Waals surface area contributed by atoms with Crippen molar-refractivity contribution in [2.24, 2.45) is 0 Å². The summed E-state index contributed by atoms with van der Waals surface area (Å²) in [5, 5.41) is 21.3. The van der Waals surface area contributed by atoms with E-state index in [1.165, 1.54) is 0 Å². The number of amides is 1. The molecule has 0 saturated carbocycles. The van der Waals surface area contributed by atoms with Gasteiger partial charge < -0.3 is 10.4 Å². The number of carbonyl (C=O) groups is 2. The molecule has 4 rings (SSSR count). The molecule has 0 fully saturated rings. The molecular weight excluding hydrogens is 475 g/mol. The molecule has 1 amide bonds. The van der Waals surface area contributed by atoms with Gasteiger partial charge in [0.1, 0.15) is 0 Å². The number of carboxylic acid groups (broad SMARTS) is 1. The van der Waals surface area contributed by atoms with E-state index in [1.807, 2.05) is 24.3 Å². The fraction of sp³-hybridized carbons (Fsp3) is 0.120. The number of nitrogens with zero attached hydrogens (tertiary/aromatic N) is 3. The highest BCUT2D eigenvalue weighted by atomic mass is 35.5. The number of aromatic nitrogens is 3. The van der Waals surface area contributed by atoms with Crippen LogP contribution in [0.25, 0.3) is 0 Å². The highest BCUT2D eigenvalue weighted by molar-refractivity contribution is 6.42. The minimum absolute atomic E-state index is 0.210. The third kappa shape index (κ3) is 5.27. The molecule has 1 heterocycles. The number of benzene rings is 3. The van der Waals surface area contributed by atoms with E-state index in [9.17, 15) is 14.7 Å². The molecule has 0 spiro atoms. The van der Waals surface area contributed by atoms with Crippen molar-refractivity contribution in [1.29, 1.82) is 0 Å². The molecule has 3 aromatic carbocycles. The SMILES string of the molecule is Cc1c(C(=O)Nc2cccc(Cc3ccccc3C(=O)O)c2)nnn1Cc1ccc(Cl)c(Cl)c1. The molecule has 0 bridgehead atoms. The maximum absolute atomic E-state index is 12.9. The first-order valence-electron chi connectivity index (χ1n) is 10.4. The number of carboxylic acids is 1. The van der Waals surface area contributed by atoms with Crippen LogP contribution in [-0.2, 0) is 13.0 Å². The van der Waals surface area contributed by atoms with E-state index in [0.29, 0.717) is 40.0 Å². The van der Waals surface area contributed by atoms with Crippen LogP contribution in [0.4, 0.5) is 5.69 Å². The molecule has 0 aliphatic heterocycles. The molecule has 9 heteroatoms. The van der Waals surface area contributed by atoms with Crippen molar-refractivity contribution < 1.29 is 14.7 Å². The first-order valence-corrected chi connectivity index (χ1v) is 11.1. The Morgan fingerprint density at radius 2 is 1.76 bits per heavy atom. The van der Waals surface area contributed by atoms with Crippen LogP contribution in [0.1, 0.15) is 43.2 Å². The number of halogens is 2. The maximum atomic E-state index is 12.9. The second-order valence-corrected chi connectivity index (χ2v) is 8.54. The number of rotatable bonds is 7. The highest BCUT2D eigenvalue weighted by Crippen LogP contribution is 2.23. The van der Waals surface area contributed by atoms with Crippen LogP contribution in [0.15, 0.2) is 66.7 Å². The molecule has 172 valence electrons. The summed E-state index contributed by atoms with van der Waals surface area (Å²) in [6, 6.07) is 19.4. The van der Waals surface area contributed by atoms with Crippen LogP contribution in [0, 0.1) is 6.92 Å². The van der Waals surface area contributed by atoms with Gasteiger partial charge >= 0.3 is 5.97 Å². The van der Waals surface area contributed by atoms with Gasteiger partial charge in [-0.3, -0.25) is 4.79 Å². The van der Waals surface area contributed by atoms with E-state index in [-0.39, 0.29) is 17.2 Å². The Balaban J connectivity index is 1.48. The van der Waals surface area contributed by atoms with Crippen molar-refractivity contribution in [1.82, 2.24) is 15.0 Å². The fourth-order valence-corrected chi connectivity index (χ4v) is 3.90. The van der Waals surface area contributed by atoms with Crippen molar-refractivity contribution >= 4 is 40.8 Å². The summed E-state index contributed by atoms with van der Waals surface area (Å²) in [5.74, 6) is -1.36. The second kappa shape index (κ2) is 10.1. The number of hydrogen-bond donors (Lipinski definition) is 2. The molecule has 0 aliphatic carbocycles. The Morgan fingerprint density at radius 3 is 2.53 bits per heavy atom. The lowest BCUT2D eigenvalue weighted by molar-refractivity contribution is 0.0695. The van der Waals surface area contributed by atoms with Gasteiger partial charge in [0, 0.05) is 5.69 Å². The first-order chi connectivity index (χ1) is 16.3. The first kappa shape index (κ1) is 23.5. The zero-order chi connectivity index (χ0) is 24.2. The molecule has 0 radical (unpaired) electrons. The summed E-state index contributed by atoms with van der Waals surface area (Å²) in [5.41, 5.74) is 4.09. The van der Waals surface area contributed by atoms with Gasteiger partial charge in [-0.2, -0.15) is 0 Å². The lowest BCUT2D eigenvalue weighted by atomic mass is 9.99. The Kier molecular flexibility index (Phi) is 6.95. The quantitative estimate of drug-likeness (QED) is 0.354. The zero-order valence-corrected chi connectivity index (χ0v) is 19.6. The van der Waals surface area contributed by atoms with Crippen molar-refractivity contribution in [3.63, 3.8) is 0 Å². The predicted molar refractivity (Wildman–Crippen MR) is 131 cm³/mol. The predicted octanol–water partition coefficient (Wildman–Crippen LogP) is 5.48. The number of aromatic carboxylic acids is 1. The normalized spacial score (nSPS) is 10.8. The Bertz CT molecular complexity index is 1380. The van der Waals surface area contributed by atoms with E-state index in [4.69, 9.17) is 23.2 Å². The van der Waals surface area contributed by atoms with Gasteiger partial charge in [0.2, 0.25) is 0 Å². The van der Waals surface area contributed by atoms with E-state index in [2.05, 4.69) is 15.6 Å². The van der Waals surface area contributed by atoms with Gasteiger partial charge in [-0.1, -0.05) is 64.8 Å².